The Bertz CT molecular complexity index is 704. The van der Waals surface area contributed by atoms with Gasteiger partial charge in [0.05, 0.1) is 25.3 Å². The van der Waals surface area contributed by atoms with E-state index in [0.29, 0.717) is 43.7 Å². The van der Waals surface area contributed by atoms with Gasteiger partial charge >= 0.3 is 0 Å². The zero-order chi connectivity index (χ0) is 15.8. The molecule has 0 saturated carbocycles. The Morgan fingerprint density at radius 2 is 2.22 bits per heavy atom. The van der Waals surface area contributed by atoms with Crippen LogP contribution in [0.25, 0.3) is 0 Å². The number of nitrogens with zero attached hydrogens (tertiary/aromatic N) is 5. The first-order valence-electron chi connectivity index (χ1n) is 7.65. The van der Waals surface area contributed by atoms with Crippen molar-refractivity contribution in [3.05, 3.63) is 36.0 Å². The van der Waals surface area contributed by atoms with Crippen LogP contribution in [0.1, 0.15) is 28.1 Å². The molecule has 2 aliphatic rings. The van der Waals surface area contributed by atoms with E-state index in [1.54, 1.807) is 13.1 Å². The number of rotatable bonds is 2. The number of hydrogen-bond acceptors (Lipinski definition) is 7. The van der Waals surface area contributed by atoms with E-state index in [1.165, 1.54) is 12.4 Å². The number of carbonyl (C=O) groups excluding carboxylic acids is 1. The minimum absolute atomic E-state index is 0.0367. The van der Waals surface area contributed by atoms with Crippen molar-refractivity contribution < 1.29 is 14.1 Å². The summed E-state index contributed by atoms with van der Waals surface area (Å²) in [6.45, 7) is 4.31. The summed E-state index contributed by atoms with van der Waals surface area (Å²) in [6, 6.07) is 0. The molecule has 2 saturated heterocycles. The molecule has 8 heteroatoms. The van der Waals surface area contributed by atoms with Gasteiger partial charge in [0.2, 0.25) is 5.89 Å². The molecule has 0 spiro atoms. The van der Waals surface area contributed by atoms with Gasteiger partial charge < -0.3 is 14.2 Å². The fourth-order valence-corrected chi connectivity index (χ4v) is 3.45. The Labute approximate surface area is 132 Å². The molecular formula is C15H17N5O3. The Balaban J connectivity index is 1.54. The summed E-state index contributed by atoms with van der Waals surface area (Å²) in [5.41, 5.74) is 0.372. The average Bonchev–Trinajstić information content (AvgIpc) is 3.20. The third-order valence-corrected chi connectivity index (χ3v) is 4.57. The molecule has 0 bridgehead atoms. The molecule has 8 nitrogen and oxygen atoms in total. The molecule has 23 heavy (non-hydrogen) atoms. The van der Waals surface area contributed by atoms with Crippen molar-refractivity contribution in [2.24, 2.45) is 11.8 Å². The molecule has 2 fully saturated rings. The van der Waals surface area contributed by atoms with Crippen molar-refractivity contribution in [2.45, 2.75) is 12.8 Å². The highest BCUT2D eigenvalue weighted by molar-refractivity contribution is 5.92. The van der Waals surface area contributed by atoms with Crippen LogP contribution in [0.5, 0.6) is 0 Å². The van der Waals surface area contributed by atoms with Crippen LogP contribution >= 0.6 is 0 Å². The van der Waals surface area contributed by atoms with Crippen LogP contribution in [0.4, 0.5) is 0 Å². The first kappa shape index (κ1) is 14.3. The lowest BCUT2D eigenvalue weighted by Crippen LogP contribution is -2.33. The van der Waals surface area contributed by atoms with Crippen molar-refractivity contribution in [3.63, 3.8) is 0 Å². The second-order valence-electron chi connectivity index (χ2n) is 6.05. The minimum Gasteiger partial charge on any atom is -0.380 e. The van der Waals surface area contributed by atoms with Crippen molar-refractivity contribution in [1.29, 1.82) is 0 Å². The normalized spacial score (nSPS) is 27.0. The summed E-state index contributed by atoms with van der Waals surface area (Å²) in [5.74, 6) is 1.71. The Morgan fingerprint density at radius 3 is 2.96 bits per heavy atom. The molecule has 1 amide bonds. The fraction of sp³-hybridized carbons (Fsp3) is 0.533. The van der Waals surface area contributed by atoms with Crippen LogP contribution in [0.2, 0.25) is 0 Å². The Hall–Kier alpha value is -2.35. The Kier molecular flexibility index (Phi) is 3.53. The number of hydrogen-bond donors (Lipinski definition) is 0. The van der Waals surface area contributed by atoms with E-state index in [-0.39, 0.29) is 23.7 Å². The van der Waals surface area contributed by atoms with Crippen LogP contribution in [-0.2, 0) is 4.74 Å². The highest BCUT2D eigenvalue weighted by atomic mass is 16.5. The van der Waals surface area contributed by atoms with Gasteiger partial charge in [0.25, 0.3) is 5.91 Å². The number of fused-ring (bicyclic) bond motifs is 1. The van der Waals surface area contributed by atoms with E-state index >= 15 is 0 Å². The van der Waals surface area contributed by atoms with E-state index in [2.05, 4.69) is 20.1 Å². The van der Waals surface area contributed by atoms with Gasteiger partial charge in [0.15, 0.2) is 5.82 Å². The molecule has 2 aromatic heterocycles. The van der Waals surface area contributed by atoms with Crippen LogP contribution in [-0.4, -0.2) is 57.2 Å². The SMILES string of the molecule is Cc1noc([C@@H]2COC[C@@H]3CN(C(=O)c4cnccn4)C[C@@H]32)n1. The first-order chi connectivity index (χ1) is 11.2. The standard InChI is InChI=1S/C15H17N5O3/c1-9-18-14(23-19-9)12-8-22-7-10-5-20(6-11(10)12)15(21)13-4-16-2-3-17-13/h2-4,10-12H,5-8H2,1H3/t10-,11-,12+/m0/s1. The van der Waals surface area contributed by atoms with Gasteiger partial charge in [-0.1, -0.05) is 5.16 Å². The van der Waals surface area contributed by atoms with Gasteiger partial charge in [-0.25, -0.2) is 4.98 Å². The lowest BCUT2D eigenvalue weighted by Gasteiger charge is -2.30. The largest absolute Gasteiger partial charge is 0.380 e. The zero-order valence-corrected chi connectivity index (χ0v) is 12.8. The summed E-state index contributed by atoms with van der Waals surface area (Å²) in [5, 5.41) is 3.87. The highest BCUT2D eigenvalue weighted by Gasteiger charge is 2.45. The topological polar surface area (TPSA) is 94.2 Å². The summed E-state index contributed by atoms with van der Waals surface area (Å²) < 4.78 is 11.0. The summed E-state index contributed by atoms with van der Waals surface area (Å²) in [6.07, 6.45) is 4.59. The first-order valence-corrected chi connectivity index (χ1v) is 7.65. The van der Waals surface area contributed by atoms with E-state index < -0.39 is 0 Å². The van der Waals surface area contributed by atoms with Gasteiger partial charge in [-0.3, -0.25) is 9.78 Å². The number of amides is 1. The third-order valence-electron chi connectivity index (χ3n) is 4.57. The van der Waals surface area contributed by atoms with E-state index in [0.717, 1.165) is 0 Å². The van der Waals surface area contributed by atoms with Gasteiger partial charge in [0, 0.05) is 31.4 Å². The molecule has 4 heterocycles. The van der Waals surface area contributed by atoms with Crippen molar-refractivity contribution in [1.82, 2.24) is 25.0 Å². The monoisotopic (exact) mass is 315 g/mol. The summed E-state index contributed by atoms with van der Waals surface area (Å²) in [7, 11) is 0. The van der Waals surface area contributed by atoms with Crippen LogP contribution in [0.15, 0.2) is 23.1 Å². The maximum Gasteiger partial charge on any atom is 0.274 e. The van der Waals surface area contributed by atoms with E-state index in [9.17, 15) is 4.79 Å². The molecular weight excluding hydrogens is 298 g/mol. The summed E-state index contributed by atoms with van der Waals surface area (Å²) >= 11 is 0. The van der Waals surface area contributed by atoms with Crippen LogP contribution in [0.3, 0.4) is 0 Å². The molecule has 4 rings (SSSR count). The quantitative estimate of drug-likeness (QED) is 0.804. The number of likely N-dealkylation sites (tertiary alicyclic amines) is 1. The van der Waals surface area contributed by atoms with Gasteiger partial charge in [0.1, 0.15) is 5.69 Å². The van der Waals surface area contributed by atoms with E-state index in [1.807, 2.05) is 4.90 Å². The number of aromatic nitrogens is 4. The van der Waals surface area contributed by atoms with Crippen LogP contribution in [0, 0.1) is 18.8 Å². The lowest BCUT2D eigenvalue weighted by atomic mass is 9.83. The molecule has 0 aliphatic carbocycles. The van der Waals surface area contributed by atoms with Crippen LogP contribution < -0.4 is 0 Å². The van der Waals surface area contributed by atoms with Crippen molar-refractivity contribution in [2.75, 3.05) is 26.3 Å². The second-order valence-corrected chi connectivity index (χ2v) is 6.05. The molecule has 2 aliphatic heterocycles. The van der Waals surface area contributed by atoms with Gasteiger partial charge in [-0.2, -0.15) is 4.98 Å². The number of carbonyl (C=O) groups is 1. The number of aryl methyl sites for hydroxylation is 1. The molecule has 2 aromatic rings. The van der Waals surface area contributed by atoms with E-state index in [4.69, 9.17) is 9.26 Å². The third kappa shape index (κ3) is 2.59. The number of ether oxygens (including phenoxy) is 1. The molecule has 0 radical (unpaired) electrons. The second kappa shape index (κ2) is 5.69. The highest BCUT2D eigenvalue weighted by Crippen LogP contribution is 2.39. The van der Waals surface area contributed by atoms with Crippen molar-refractivity contribution in [3.8, 4) is 0 Å². The molecule has 0 aromatic carbocycles. The predicted molar refractivity (Wildman–Crippen MR) is 77.5 cm³/mol. The lowest BCUT2D eigenvalue weighted by molar-refractivity contribution is 0.00992. The molecule has 120 valence electrons. The average molecular weight is 315 g/mol. The zero-order valence-electron chi connectivity index (χ0n) is 12.8. The maximum atomic E-state index is 12.6. The smallest absolute Gasteiger partial charge is 0.274 e. The molecule has 3 atom stereocenters. The fourth-order valence-electron chi connectivity index (χ4n) is 3.45. The molecule has 0 N–H and O–H groups in total. The summed E-state index contributed by atoms with van der Waals surface area (Å²) in [4.78, 5) is 26.8. The maximum absolute atomic E-state index is 12.6. The van der Waals surface area contributed by atoms with Crippen molar-refractivity contribution >= 4 is 5.91 Å². The van der Waals surface area contributed by atoms with Gasteiger partial charge in [-0.05, 0) is 12.8 Å². The van der Waals surface area contributed by atoms with Gasteiger partial charge in [-0.15, -0.1) is 0 Å². The Morgan fingerprint density at radius 1 is 1.30 bits per heavy atom. The minimum atomic E-state index is -0.0899. The predicted octanol–water partition coefficient (Wildman–Crippen LogP) is 0.670. The molecule has 0 unspecified atom stereocenters.